The first kappa shape index (κ1) is 27.0. The van der Waals surface area contributed by atoms with Crippen LogP contribution >= 0.6 is 0 Å². The zero-order valence-electron chi connectivity index (χ0n) is 21.5. The van der Waals surface area contributed by atoms with Crippen LogP contribution < -0.4 is 0 Å². The lowest BCUT2D eigenvalue weighted by atomic mass is 9.91. The monoisotopic (exact) mass is 455 g/mol. The smallest absolute Gasteiger partial charge is 0.257 e. The molecule has 1 aromatic rings. The van der Waals surface area contributed by atoms with Gasteiger partial charge >= 0.3 is 0 Å². The molecule has 0 spiro atoms. The van der Waals surface area contributed by atoms with E-state index in [4.69, 9.17) is 0 Å². The number of unbranched alkanes of at least 4 members (excludes halogenated alkanes) is 2. The number of nitrogens with zero attached hydrogens (tertiary/aromatic N) is 1. The van der Waals surface area contributed by atoms with E-state index in [2.05, 4.69) is 39.8 Å². The van der Waals surface area contributed by atoms with Crippen LogP contribution in [-0.4, -0.2) is 34.1 Å². The Kier molecular flexibility index (Phi) is 11.0. The number of carbonyl (C=O) groups excluding carboxylic acids is 1. The molecule has 0 aliphatic heterocycles. The van der Waals surface area contributed by atoms with Gasteiger partial charge in [-0.1, -0.05) is 62.3 Å². The van der Waals surface area contributed by atoms with Gasteiger partial charge in [-0.3, -0.25) is 4.79 Å². The van der Waals surface area contributed by atoms with Crippen LogP contribution in [0.4, 0.5) is 0 Å². The van der Waals surface area contributed by atoms with Gasteiger partial charge in [0.15, 0.2) is 0 Å². The van der Waals surface area contributed by atoms with Gasteiger partial charge in [0.1, 0.15) is 11.5 Å². The molecule has 1 amide bonds. The van der Waals surface area contributed by atoms with Gasteiger partial charge in [-0.05, 0) is 77.3 Å². The zero-order chi connectivity index (χ0) is 24.4. The summed E-state index contributed by atoms with van der Waals surface area (Å²) in [5.74, 6) is -0.0665. The Hall–Kier alpha value is -2.23. The molecule has 4 heteroatoms. The molecule has 184 valence electrons. The van der Waals surface area contributed by atoms with E-state index >= 15 is 0 Å². The van der Waals surface area contributed by atoms with Crippen molar-refractivity contribution in [1.29, 1.82) is 0 Å². The lowest BCUT2D eigenvalue weighted by molar-refractivity contribution is 0.0691. The molecule has 0 atom stereocenters. The molecule has 33 heavy (non-hydrogen) atoms. The van der Waals surface area contributed by atoms with Crippen molar-refractivity contribution in [2.75, 3.05) is 7.05 Å². The number of allylic oxidation sites excluding steroid dienone is 4. The molecule has 0 unspecified atom stereocenters. The van der Waals surface area contributed by atoms with E-state index in [-0.39, 0.29) is 23.4 Å². The molecule has 1 aliphatic carbocycles. The quantitative estimate of drug-likeness (QED) is 0.269. The van der Waals surface area contributed by atoms with Crippen LogP contribution in [0.3, 0.4) is 0 Å². The normalized spacial score (nSPS) is 14.9. The standard InChI is InChI=1S/C29H45NO3/c1-6-7-9-15-23-20-26(31)25(19-18-22(4)14-12-13-21(2)3)28(32)27(23)29(33)30(5)24-16-10-8-11-17-24/h13,18,20,24,31-32H,6-12,14-17,19H2,1-5H3/b22-18+. The molecular formula is C29H45NO3. The Bertz CT molecular complexity index is 843. The van der Waals surface area contributed by atoms with Crippen LogP contribution in [0.25, 0.3) is 0 Å². The second kappa shape index (κ2) is 13.5. The van der Waals surface area contributed by atoms with Crippen LogP contribution in [0.5, 0.6) is 11.5 Å². The molecule has 0 radical (unpaired) electrons. The molecule has 2 rings (SSSR count). The van der Waals surface area contributed by atoms with Gasteiger partial charge in [0.05, 0.1) is 5.56 Å². The second-order valence-corrected chi connectivity index (χ2v) is 10.00. The minimum Gasteiger partial charge on any atom is -0.508 e. The average molecular weight is 456 g/mol. The fourth-order valence-corrected chi connectivity index (χ4v) is 4.73. The number of aromatic hydroxyl groups is 2. The molecule has 2 N–H and O–H groups in total. The van der Waals surface area contributed by atoms with Crippen LogP contribution in [-0.2, 0) is 12.8 Å². The first-order valence-corrected chi connectivity index (χ1v) is 12.9. The summed E-state index contributed by atoms with van der Waals surface area (Å²) < 4.78 is 0. The van der Waals surface area contributed by atoms with Crippen LogP contribution in [0, 0.1) is 0 Å². The van der Waals surface area contributed by atoms with Gasteiger partial charge in [-0.2, -0.15) is 0 Å². The molecule has 0 saturated heterocycles. The molecular weight excluding hydrogens is 410 g/mol. The summed E-state index contributed by atoms with van der Waals surface area (Å²) in [7, 11) is 1.87. The Balaban J connectivity index is 2.33. The summed E-state index contributed by atoms with van der Waals surface area (Å²) in [4.78, 5) is 15.4. The Morgan fingerprint density at radius 3 is 2.42 bits per heavy atom. The topological polar surface area (TPSA) is 60.8 Å². The van der Waals surface area contributed by atoms with Gasteiger partial charge in [-0.15, -0.1) is 0 Å². The maximum absolute atomic E-state index is 13.6. The van der Waals surface area contributed by atoms with Crippen molar-refractivity contribution < 1.29 is 15.0 Å². The average Bonchev–Trinajstić information content (AvgIpc) is 2.78. The van der Waals surface area contributed by atoms with Crippen molar-refractivity contribution in [3.05, 3.63) is 46.1 Å². The fourth-order valence-electron chi connectivity index (χ4n) is 4.73. The second-order valence-electron chi connectivity index (χ2n) is 10.00. The lowest BCUT2D eigenvalue weighted by Gasteiger charge is -2.32. The van der Waals surface area contributed by atoms with Crippen LogP contribution in [0.2, 0.25) is 0 Å². The van der Waals surface area contributed by atoms with Crippen molar-refractivity contribution >= 4 is 5.91 Å². The van der Waals surface area contributed by atoms with E-state index in [0.717, 1.165) is 63.4 Å². The SMILES string of the molecule is CCCCCc1cc(O)c(C/C=C(\C)CCC=C(C)C)c(O)c1C(=O)N(C)C1CCCCC1. The minimum absolute atomic E-state index is 0.0393. The predicted molar refractivity (Wildman–Crippen MR) is 138 cm³/mol. The van der Waals surface area contributed by atoms with E-state index < -0.39 is 0 Å². The number of rotatable bonds is 11. The van der Waals surface area contributed by atoms with Crippen molar-refractivity contribution in [3.8, 4) is 11.5 Å². The molecule has 0 heterocycles. The number of amides is 1. The third kappa shape index (κ3) is 7.94. The third-order valence-corrected chi connectivity index (χ3v) is 6.92. The van der Waals surface area contributed by atoms with Crippen molar-refractivity contribution in [2.24, 2.45) is 0 Å². The number of phenolic OH excluding ortho intramolecular Hbond substituents is 2. The van der Waals surface area contributed by atoms with Gasteiger partial charge < -0.3 is 15.1 Å². The molecule has 1 saturated carbocycles. The third-order valence-electron chi connectivity index (χ3n) is 6.92. The van der Waals surface area contributed by atoms with Crippen molar-refractivity contribution in [1.82, 2.24) is 4.90 Å². The Labute approximate surface area is 201 Å². The number of carbonyl (C=O) groups is 1. The fraction of sp³-hybridized carbons (Fsp3) is 0.621. The van der Waals surface area contributed by atoms with E-state index in [0.29, 0.717) is 24.0 Å². The molecule has 1 fully saturated rings. The highest BCUT2D eigenvalue weighted by molar-refractivity contribution is 5.99. The molecule has 0 bridgehead atoms. The molecule has 1 aliphatic rings. The van der Waals surface area contributed by atoms with Crippen molar-refractivity contribution in [2.45, 2.75) is 111 Å². The summed E-state index contributed by atoms with van der Waals surface area (Å²) in [5, 5.41) is 22.0. The highest BCUT2D eigenvalue weighted by Crippen LogP contribution is 2.37. The lowest BCUT2D eigenvalue weighted by Crippen LogP contribution is -2.38. The zero-order valence-corrected chi connectivity index (χ0v) is 21.5. The maximum atomic E-state index is 13.6. The molecule has 4 nitrogen and oxygen atoms in total. The van der Waals surface area contributed by atoms with Gasteiger partial charge in [-0.25, -0.2) is 0 Å². The number of phenols is 2. The predicted octanol–water partition coefficient (Wildman–Crippen LogP) is 7.47. The number of hydrogen-bond donors (Lipinski definition) is 2. The Morgan fingerprint density at radius 1 is 1.09 bits per heavy atom. The summed E-state index contributed by atoms with van der Waals surface area (Å²) in [5.41, 5.74) is 4.13. The number of aryl methyl sites for hydroxylation is 1. The molecule has 1 aromatic carbocycles. The molecule has 0 aromatic heterocycles. The largest absolute Gasteiger partial charge is 0.508 e. The highest BCUT2D eigenvalue weighted by Gasteiger charge is 2.28. The van der Waals surface area contributed by atoms with Gasteiger partial charge in [0.25, 0.3) is 5.91 Å². The van der Waals surface area contributed by atoms with E-state index in [1.807, 2.05) is 11.9 Å². The van der Waals surface area contributed by atoms with Gasteiger partial charge in [0, 0.05) is 18.7 Å². The maximum Gasteiger partial charge on any atom is 0.257 e. The Morgan fingerprint density at radius 2 is 1.79 bits per heavy atom. The van der Waals surface area contributed by atoms with Gasteiger partial charge in [0.2, 0.25) is 0 Å². The van der Waals surface area contributed by atoms with Crippen LogP contribution in [0.15, 0.2) is 29.4 Å². The first-order chi connectivity index (χ1) is 15.8. The summed E-state index contributed by atoms with van der Waals surface area (Å²) in [6.07, 6.45) is 15.9. The van der Waals surface area contributed by atoms with Crippen LogP contribution in [0.1, 0.15) is 113 Å². The highest BCUT2D eigenvalue weighted by atomic mass is 16.3. The minimum atomic E-state index is -0.114. The summed E-state index contributed by atoms with van der Waals surface area (Å²) in [6, 6.07) is 1.95. The van der Waals surface area contributed by atoms with Crippen molar-refractivity contribution in [3.63, 3.8) is 0 Å². The summed E-state index contributed by atoms with van der Waals surface area (Å²) in [6.45, 7) is 8.42. The number of benzene rings is 1. The van der Waals surface area contributed by atoms with E-state index in [9.17, 15) is 15.0 Å². The number of hydrogen-bond acceptors (Lipinski definition) is 3. The first-order valence-electron chi connectivity index (χ1n) is 12.9. The van der Waals surface area contributed by atoms with E-state index in [1.54, 1.807) is 6.07 Å². The summed E-state index contributed by atoms with van der Waals surface area (Å²) >= 11 is 0. The van der Waals surface area contributed by atoms with E-state index in [1.165, 1.54) is 17.6 Å².